The SMILES string of the molecule is CCCCCCCCC(CCCCCCCC)CCCCCCCCOC(=O)c1ccc(C(=O)O)cc1. The summed E-state index contributed by atoms with van der Waals surface area (Å²) in [5, 5.41) is 8.94. The van der Waals surface area contributed by atoms with Crippen molar-refractivity contribution in [1.29, 1.82) is 0 Å². The first-order valence-corrected chi connectivity index (χ1v) is 15.6. The molecule has 0 unspecified atom stereocenters. The van der Waals surface area contributed by atoms with Gasteiger partial charge in [-0.25, -0.2) is 9.59 Å². The van der Waals surface area contributed by atoms with Gasteiger partial charge in [0.15, 0.2) is 0 Å². The maximum absolute atomic E-state index is 12.1. The number of rotatable bonds is 25. The van der Waals surface area contributed by atoms with Gasteiger partial charge in [-0.2, -0.15) is 0 Å². The Bertz CT molecular complexity index is 666. The molecular weight excluding hydrogens is 460 g/mol. The monoisotopic (exact) mass is 516 g/mol. The first kappa shape index (κ1) is 33.2. The molecule has 0 radical (unpaired) electrons. The lowest BCUT2D eigenvalue weighted by atomic mass is 9.89. The molecule has 0 aliphatic carbocycles. The zero-order valence-electron chi connectivity index (χ0n) is 24.1. The number of carboxylic acids is 1. The average molecular weight is 517 g/mol. The summed E-state index contributed by atoms with van der Waals surface area (Å²) >= 11 is 0. The molecule has 1 aromatic carbocycles. The Morgan fingerprint density at radius 2 is 0.973 bits per heavy atom. The van der Waals surface area contributed by atoms with Crippen LogP contribution in [0.15, 0.2) is 24.3 Å². The highest BCUT2D eigenvalue weighted by molar-refractivity contribution is 5.92. The van der Waals surface area contributed by atoms with Crippen molar-refractivity contribution in [2.45, 2.75) is 149 Å². The van der Waals surface area contributed by atoms with Crippen molar-refractivity contribution >= 4 is 11.9 Å². The molecule has 1 aromatic rings. The van der Waals surface area contributed by atoms with E-state index >= 15 is 0 Å². The summed E-state index contributed by atoms with van der Waals surface area (Å²) in [5.74, 6) is -0.439. The Hall–Kier alpha value is -1.84. The highest BCUT2D eigenvalue weighted by atomic mass is 16.5. The van der Waals surface area contributed by atoms with Gasteiger partial charge in [0, 0.05) is 0 Å². The minimum atomic E-state index is -0.994. The lowest BCUT2D eigenvalue weighted by molar-refractivity contribution is 0.0496. The molecule has 37 heavy (non-hydrogen) atoms. The number of esters is 1. The highest BCUT2D eigenvalue weighted by Crippen LogP contribution is 2.24. The van der Waals surface area contributed by atoms with E-state index in [1.165, 1.54) is 146 Å². The van der Waals surface area contributed by atoms with Gasteiger partial charge in [-0.1, -0.05) is 142 Å². The molecule has 0 fully saturated rings. The number of aromatic carboxylic acids is 1. The number of unbranched alkanes of at least 4 members (excludes halogenated alkanes) is 15. The Morgan fingerprint density at radius 3 is 1.41 bits per heavy atom. The van der Waals surface area contributed by atoms with Crippen molar-refractivity contribution in [3.05, 3.63) is 35.4 Å². The van der Waals surface area contributed by atoms with Gasteiger partial charge in [0.25, 0.3) is 0 Å². The van der Waals surface area contributed by atoms with Crippen LogP contribution in [-0.4, -0.2) is 23.7 Å². The van der Waals surface area contributed by atoms with Crippen LogP contribution in [0.1, 0.15) is 169 Å². The van der Waals surface area contributed by atoms with Gasteiger partial charge in [0.2, 0.25) is 0 Å². The van der Waals surface area contributed by atoms with Crippen molar-refractivity contribution in [3.63, 3.8) is 0 Å². The molecule has 0 aliphatic rings. The Morgan fingerprint density at radius 1 is 0.595 bits per heavy atom. The van der Waals surface area contributed by atoms with Crippen LogP contribution in [0.2, 0.25) is 0 Å². The standard InChI is InChI=1S/C33H56O4/c1-3-5-7-9-13-17-21-29(22-18-14-10-8-6-4-2)23-19-15-11-12-16-20-28-37-33(36)31-26-24-30(25-27-31)32(34)35/h24-27,29H,3-23,28H2,1-2H3,(H,34,35). The van der Waals surface area contributed by atoms with Gasteiger partial charge in [-0.05, 0) is 36.6 Å². The smallest absolute Gasteiger partial charge is 0.338 e. The van der Waals surface area contributed by atoms with Gasteiger partial charge >= 0.3 is 11.9 Å². The zero-order chi connectivity index (χ0) is 27.0. The molecule has 0 spiro atoms. The molecule has 0 bridgehead atoms. The molecule has 0 atom stereocenters. The van der Waals surface area contributed by atoms with E-state index in [4.69, 9.17) is 9.84 Å². The van der Waals surface area contributed by atoms with Crippen LogP contribution in [0.4, 0.5) is 0 Å². The maximum atomic E-state index is 12.1. The third-order valence-electron chi connectivity index (χ3n) is 7.54. The molecule has 0 amide bonds. The van der Waals surface area contributed by atoms with E-state index in [0.717, 1.165) is 18.8 Å². The molecule has 4 nitrogen and oxygen atoms in total. The number of benzene rings is 1. The van der Waals surface area contributed by atoms with E-state index in [2.05, 4.69) is 13.8 Å². The summed E-state index contributed by atoms with van der Waals surface area (Å²) in [4.78, 5) is 23.0. The summed E-state index contributed by atoms with van der Waals surface area (Å²) in [6.45, 7) is 5.01. The molecule has 0 saturated carbocycles. The summed E-state index contributed by atoms with van der Waals surface area (Å²) in [6.07, 6.45) is 28.2. The number of carbonyl (C=O) groups is 2. The topological polar surface area (TPSA) is 63.6 Å². The Labute approximate surface area is 228 Å². The van der Waals surface area contributed by atoms with E-state index in [0.29, 0.717) is 12.2 Å². The summed E-state index contributed by atoms with van der Waals surface area (Å²) in [6, 6.07) is 5.89. The first-order valence-electron chi connectivity index (χ1n) is 15.6. The van der Waals surface area contributed by atoms with E-state index in [1.54, 1.807) is 0 Å². The minimum absolute atomic E-state index is 0.174. The molecule has 1 rings (SSSR count). The summed E-state index contributed by atoms with van der Waals surface area (Å²) in [5.41, 5.74) is 0.578. The van der Waals surface area contributed by atoms with Gasteiger partial charge in [0.1, 0.15) is 0 Å². The second kappa shape index (κ2) is 23.3. The van der Waals surface area contributed by atoms with Crippen LogP contribution in [-0.2, 0) is 4.74 Å². The predicted molar refractivity (Wildman–Crippen MR) is 155 cm³/mol. The van der Waals surface area contributed by atoms with Crippen molar-refractivity contribution < 1.29 is 19.4 Å². The van der Waals surface area contributed by atoms with Crippen LogP contribution < -0.4 is 0 Å². The average Bonchev–Trinajstić information content (AvgIpc) is 2.90. The summed E-state index contributed by atoms with van der Waals surface area (Å²) in [7, 11) is 0. The summed E-state index contributed by atoms with van der Waals surface area (Å²) < 4.78 is 5.34. The van der Waals surface area contributed by atoms with Gasteiger partial charge in [-0.15, -0.1) is 0 Å². The van der Waals surface area contributed by atoms with E-state index in [1.807, 2.05) is 0 Å². The number of hydrogen-bond acceptors (Lipinski definition) is 3. The largest absolute Gasteiger partial charge is 0.478 e. The molecule has 0 aromatic heterocycles. The molecule has 4 heteroatoms. The fourth-order valence-electron chi connectivity index (χ4n) is 5.10. The first-order chi connectivity index (χ1) is 18.1. The van der Waals surface area contributed by atoms with Crippen LogP contribution in [0.25, 0.3) is 0 Å². The molecular formula is C33H56O4. The fraction of sp³-hybridized carbons (Fsp3) is 0.758. The molecule has 1 N–H and O–H groups in total. The quantitative estimate of drug-likeness (QED) is 0.104. The van der Waals surface area contributed by atoms with Crippen LogP contribution in [0.5, 0.6) is 0 Å². The van der Waals surface area contributed by atoms with E-state index < -0.39 is 5.97 Å². The number of hydrogen-bond donors (Lipinski definition) is 1. The Kier molecular flexibility index (Phi) is 20.9. The number of carbonyl (C=O) groups excluding carboxylic acids is 1. The third-order valence-corrected chi connectivity index (χ3v) is 7.54. The minimum Gasteiger partial charge on any atom is -0.478 e. The molecule has 0 saturated heterocycles. The third kappa shape index (κ3) is 18.1. The van der Waals surface area contributed by atoms with Crippen molar-refractivity contribution in [3.8, 4) is 0 Å². The van der Waals surface area contributed by atoms with Gasteiger partial charge in [-0.3, -0.25) is 0 Å². The van der Waals surface area contributed by atoms with Gasteiger partial charge in [0.05, 0.1) is 17.7 Å². The lowest BCUT2D eigenvalue weighted by Crippen LogP contribution is -2.07. The van der Waals surface area contributed by atoms with Gasteiger partial charge < -0.3 is 9.84 Å². The fourth-order valence-corrected chi connectivity index (χ4v) is 5.10. The van der Waals surface area contributed by atoms with E-state index in [-0.39, 0.29) is 11.5 Å². The Balaban J connectivity index is 2.12. The van der Waals surface area contributed by atoms with Crippen molar-refractivity contribution in [2.24, 2.45) is 5.92 Å². The van der Waals surface area contributed by atoms with Crippen molar-refractivity contribution in [2.75, 3.05) is 6.61 Å². The van der Waals surface area contributed by atoms with Crippen LogP contribution in [0.3, 0.4) is 0 Å². The number of ether oxygens (including phenoxy) is 1. The van der Waals surface area contributed by atoms with Crippen LogP contribution >= 0.6 is 0 Å². The maximum Gasteiger partial charge on any atom is 0.338 e. The predicted octanol–water partition coefficient (Wildman–Crippen LogP) is 10.4. The molecule has 212 valence electrons. The number of carboxylic acid groups (broad SMARTS) is 1. The highest BCUT2D eigenvalue weighted by Gasteiger charge is 2.10. The van der Waals surface area contributed by atoms with Crippen molar-refractivity contribution in [1.82, 2.24) is 0 Å². The second-order valence-corrected chi connectivity index (χ2v) is 10.9. The molecule has 0 heterocycles. The molecule has 0 aliphatic heterocycles. The van der Waals surface area contributed by atoms with Crippen LogP contribution in [0, 0.1) is 5.92 Å². The zero-order valence-corrected chi connectivity index (χ0v) is 24.1. The normalized spacial score (nSPS) is 11.2. The van der Waals surface area contributed by atoms with E-state index in [9.17, 15) is 9.59 Å². The lowest BCUT2D eigenvalue weighted by Gasteiger charge is -2.17. The second-order valence-electron chi connectivity index (χ2n) is 10.9.